The van der Waals surface area contributed by atoms with Gasteiger partial charge in [0.2, 0.25) is 5.88 Å². The number of esters is 1. The van der Waals surface area contributed by atoms with Crippen LogP contribution in [0, 0.1) is 0 Å². The minimum atomic E-state index is -0.571. The molecule has 0 amide bonds. The van der Waals surface area contributed by atoms with Gasteiger partial charge in [0.05, 0.1) is 7.11 Å². The molecule has 0 atom stereocenters. The average molecular weight is 171 g/mol. The minimum absolute atomic E-state index is 0.0498. The molecule has 0 spiro atoms. The topological polar surface area (TPSA) is 90.4 Å². The van der Waals surface area contributed by atoms with Gasteiger partial charge in [-0.05, 0) is 0 Å². The van der Waals surface area contributed by atoms with Crippen molar-refractivity contribution in [1.29, 1.82) is 0 Å². The fourth-order valence-corrected chi connectivity index (χ4v) is 0.773. The first kappa shape index (κ1) is 8.38. The summed E-state index contributed by atoms with van der Waals surface area (Å²) < 4.78 is 9.03. The van der Waals surface area contributed by atoms with Crippen LogP contribution in [-0.4, -0.2) is 25.3 Å². The van der Waals surface area contributed by atoms with Crippen molar-refractivity contribution in [3.8, 4) is 0 Å². The Hall–Kier alpha value is -1.72. The highest BCUT2D eigenvalue weighted by Crippen LogP contribution is 2.20. The Labute approximate surface area is 68.7 Å². The zero-order chi connectivity index (χ0) is 9.14. The number of nitrogens with two attached hydrogens (primary N) is 1. The lowest BCUT2D eigenvalue weighted by Gasteiger charge is -1.97. The van der Waals surface area contributed by atoms with Crippen molar-refractivity contribution in [2.45, 2.75) is 0 Å². The maximum atomic E-state index is 11.0. The number of carbonyl (C=O) groups is 1. The van der Waals surface area contributed by atoms with Crippen LogP contribution in [0.1, 0.15) is 10.4 Å². The fourth-order valence-electron chi connectivity index (χ4n) is 0.773. The number of anilines is 2. The molecule has 0 aliphatic rings. The zero-order valence-corrected chi connectivity index (χ0v) is 6.75. The number of hydrogen-bond donors (Lipinski definition) is 2. The first-order valence-corrected chi connectivity index (χ1v) is 3.22. The molecule has 0 saturated carbocycles. The van der Waals surface area contributed by atoms with Crippen LogP contribution >= 0.6 is 0 Å². The normalized spacial score (nSPS) is 9.50. The molecule has 0 aromatic carbocycles. The highest BCUT2D eigenvalue weighted by Gasteiger charge is 2.20. The molecule has 0 unspecified atom stereocenters. The van der Waals surface area contributed by atoms with Crippen molar-refractivity contribution >= 4 is 17.7 Å². The highest BCUT2D eigenvalue weighted by atomic mass is 16.5. The first-order valence-electron chi connectivity index (χ1n) is 3.22. The van der Waals surface area contributed by atoms with Crippen molar-refractivity contribution < 1.29 is 14.1 Å². The van der Waals surface area contributed by atoms with Gasteiger partial charge in [-0.2, -0.15) is 0 Å². The van der Waals surface area contributed by atoms with Crippen molar-refractivity contribution in [1.82, 2.24) is 5.16 Å². The molecule has 1 aromatic heterocycles. The lowest BCUT2D eigenvalue weighted by molar-refractivity contribution is 0.0602. The molecule has 1 aromatic rings. The number of nitrogens with one attached hydrogen (secondary N) is 1. The fraction of sp³-hybridized carbons (Fsp3) is 0.333. The van der Waals surface area contributed by atoms with Crippen LogP contribution in [0.2, 0.25) is 0 Å². The summed E-state index contributed by atoms with van der Waals surface area (Å²) in [6.07, 6.45) is 0. The summed E-state index contributed by atoms with van der Waals surface area (Å²) >= 11 is 0. The number of nitrogens with zero attached hydrogens (tertiary/aromatic N) is 1. The van der Waals surface area contributed by atoms with Gasteiger partial charge in [-0.3, -0.25) is 0 Å². The van der Waals surface area contributed by atoms with Crippen molar-refractivity contribution in [2.24, 2.45) is 0 Å². The van der Waals surface area contributed by atoms with E-state index >= 15 is 0 Å². The Morgan fingerprint density at radius 3 is 2.92 bits per heavy atom. The Morgan fingerprint density at radius 2 is 2.42 bits per heavy atom. The molecule has 0 fully saturated rings. The molecule has 6 nitrogen and oxygen atoms in total. The van der Waals surface area contributed by atoms with Crippen LogP contribution in [0.4, 0.5) is 11.7 Å². The van der Waals surface area contributed by atoms with Crippen molar-refractivity contribution in [3.63, 3.8) is 0 Å². The molecule has 0 radical (unpaired) electrons. The summed E-state index contributed by atoms with van der Waals surface area (Å²) in [7, 11) is 2.86. The Balaban J connectivity index is 3.10. The van der Waals surface area contributed by atoms with Gasteiger partial charge in [-0.1, -0.05) is 5.16 Å². The van der Waals surface area contributed by atoms with E-state index in [4.69, 9.17) is 5.73 Å². The third-order valence-electron chi connectivity index (χ3n) is 1.34. The third kappa shape index (κ3) is 1.18. The molecular weight excluding hydrogens is 162 g/mol. The van der Waals surface area contributed by atoms with E-state index < -0.39 is 5.97 Å². The second kappa shape index (κ2) is 3.12. The molecule has 0 bridgehead atoms. The number of aromatic nitrogens is 1. The van der Waals surface area contributed by atoms with E-state index in [1.54, 1.807) is 7.05 Å². The summed E-state index contributed by atoms with van der Waals surface area (Å²) in [5.41, 5.74) is 5.45. The zero-order valence-electron chi connectivity index (χ0n) is 6.75. The van der Waals surface area contributed by atoms with Crippen LogP contribution in [0.5, 0.6) is 0 Å². The van der Waals surface area contributed by atoms with Crippen molar-refractivity contribution in [3.05, 3.63) is 5.56 Å². The summed E-state index contributed by atoms with van der Waals surface area (Å²) in [5.74, 6) is -0.344. The van der Waals surface area contributed by atoms with E-state index in [-0.39, 0.29) is 17.3 Å². The lowest BCUT2D eigenvalue weighted by Crippen LogP contribution is -2.06. The number of methoxy groups -OCH3 is 1. The third-order valence-corrected chi connectivity index (χ3v) is 1.34. The van der Waals surface area contributed by atoms with Gasteiger partial charge in [0, 0.05) is 7.05 Å². The minimum Gasteiger partial charge on any atom is -0.465 e. The lowest BCUT2D eigenvalue weighted by atomic mass is 10.3. The standard InChI is InChI=1S/C6H9N3O3/c1-8-5-3(6(10)11-2)4(7)12-9-5/h7H2,1-2H3,(H,8,9). The molecule has 0 aliphatic carbocycles. The largest absolute Gasteiger partial charge is 0.465 e. The summed E-state index contributed by atoms with van der Waals surface area (Å²) in [6, 6.07) is 0. The molecule has 0 aliphatic heterocycles. The van der Waals surface area contributed by atoms with Gasteiger partial charge < -0.3 is 20.3 Å². The SMILES string of the molecule is CNc1noc(N)c1C(=O)OC. The Bertz CT molecular complexity index is 294. The van der Waals surface area contributed by atoms with Crippen LogP contribution in [0.15, 0.2) is 4.52 Å². The highest BCUT2D eigenvalue weighted by molar-refractivity contribution is 5.98. The number of hydrogen-bond acceptors (Lipinski definition) is 6. The second-order valence-electron chi connectivity index (χ2n) is 2.01. The maximum absolute atomic E-state index is 11.0. The summed E-state index contributed by atoms with van der Waals surface area (Å²) in [6.45, 7) is 0. The van der Waals surface area contributed by atoms with Gasteiger partial charge in [-0.15, -0.1) is 0 Å². The van der Waals surface area contributed by atoms with Gasteiger partial charge in [0.25, 0.3) is 0 Å². The van der Waals surface area contributed by atoms with E-state index in [0.717, 1.165) is 0 Å². The number of nitrogen functional groups attached to an aromatic ring is 1. The van der Waals surface area contributed by atoms with Gasteiger partial charge in [-0.25, -0.2) is 4.79 Å². The number of rotatable bonds is 2. The van der Waals surface area contributed by atoms with Crippen LogP contribution in [-0.2, 0) is 4.74 Å². The van der Waals surface area contributed by atoms with Crippen molar-refractivity contribution in [2.75, 3.05) is 25.2 Å². The first-order chi connectivity index (χ1) is 5.70. The maximum Gasteiger partial charge on any atom is 0.347 e. The molecule has 6 heteroatoms. The molecule has 12 heavy (non-hydrogen) atoms. The van der Waals surface area contributed by atoms with Crippen LogP contribution in [0.25, 0.3) is 0 Å². The van der Waals surface area contributed by atoms with E-state index in [1.165, 1.54) is 7.11 Å². The average Bonchev–Trinajstić information content (AvgIpc) is 2.45. The van der Waals surface area contributed by atoms with Gasteiger partial charge in [0.1, 0.15) is 0 Å². The molecule has 0 saturated heterocycles. The number of ether oxygens (including phenoxy) is 1. The molecule has 1 heterocycles. The molecular formula is C6H9N3O3. The smallest absolute Gasteiger partial charge is 0.347 e. The number of carbonyl (C=O) groups excluding carboxylic acids is 1. The summed E-state index contributed by atoms with van der Waals surface area (Å²) in [5, 5.41) is 6.14. The molecule has 1 rings (SSSR count). The Morgan fingerprint density at radius 1 is 1.75 bits per heavy atom. The van der Waals surface area contributed by atoms with E-state index in [2.05, 4.69) is 19.7 Å². The monoisotopic (exact) mass is 171 g/mol. The van der Waals surface area contributed by atoms with Crippen LogP contribution in [0.3, 0.4) is 0 Å². The van der Waals surface area contributed by atoms with E-state index in [0.29, 0.717) is 0 Å². The quantitative estimate of drug-likeness (QED) is 0.612. The molecule has 3 N–H and O–H groups in total. The van der Waals surface area contributed by atoms with E-state index in [9.17, 15) is 4.79 Å². The predicted molar refractivity (Wildman–Crippen MR) is 41.8 cm³/mol. The second-order valence-corrected chi connectivity index (χ2v) is 2.01. The predicted octanol–water partition coefficient (Wildman–Crippen LogP) is 0.0851. The molecule has 66 valence electrons. The summed E-state index contributed by atoms with van der Waals surface area (Å²) in [4.78, 5) is 11.0. The van der Waals surface area contributed by atoms with Gasteiger partial charge in [0.15, 0.2) is 11.4 Å². The van der Waals surface area contributed by atoms with E-state index in [1.807, 2.05) is 0 Å². The Kier molecular flexibility index (Phi) is 2.18. The van der Waals surface area contributed by atoms with Crippen LogP contribution < -0.4 is 11.1 Å². The van der Waals surface area contributed by atoms with Gasteiger partial charge >= 0.3 is 5.97 Å².